The highest BCUT2D eigenvalue weighted by atomic mass is 32.2. The van der Waals surface area contributed by atoms with Crippen LogP contribution in [-0.2, 0) is 5.75 Å². The summed E-state index contributed by atoms with van der Waals surface area (Å²) in [4.78, 5) is 21.8. The molecule has 0 aliphatic heterocycles. The Morgan fingerprint density at radius 3 is 2.90 bits per heavy atom. The molecule has 0 saturated heterocycles. The Bertz CT molecular complexity index is 821. The lowest BCUT2D eigenvalue weighted by molar-refractivity contribution is -0.518. The number of aromatic amines is 2. The van der Waals surface area contributed by atoms with Crippen LogP contribution in [-0.4, -0.2) is 15.0 Å². The van der Waals surface area contributed by atoms with Crippen molar-refractivity contribution in [3.8, 4) is 0 Å². The van der Waals surface area contributed by atoms with Gasteiger partial charge in [-0.2, -0.15) is 0 Å². The summed E-state index contributed by atoms with van der Waals surface area (Å²) in [5, 5.41) is 0.648. The van der Waals surface area contributed by atoms with E-state index >= 15 is 0 Å². The predicted molar refractivity (Wildman–Crippen MR) is 77.8 cm³/mol. The van der Waals surface area contributed by atoms with Gasteiger partial charge >= 0.3 is 0 Å². The van der Waals surface area contributed by atoms with Crippen molar-refractivity contribution in [1.82, 2.24) is 15.0 Å². The monoisotopic (exact) mass is 287 g/mol. The number of H-pyrrole nitrogens is 2. The van der Waals surface area contributed by atoms with E-state index in [1.165, 1.54) is 23.5 Å². The molecule has 0 saturated carbocycles. The lowest BCUT2D eigenvalue weighted by atomic mass is 10.4. The van der Waals surface area contributed by atoms with Gasteiger partial charge in [-0.25, -0.2) is 14.4 Å². The number of pyridine rings is 1. The van der Waals surface area contributed by atoms with Crippen molar-refractivity contribution < 1.29 is 4.40 Å². The number of imidazole rings is 1. The van der Waals surface area contributed by atoms with Gasteiger partial charge in [-0.05, 0) is 19.9 Å². The Hall–Kier alpha value is -2.08. The number of aryl methyl sites for hydroxylation is 2. The molecule has 0 unspecified atom stereocenters. The molecule has 3 aromatic rings. The van der Waals surface area contributed by atoms with Crippen molar-refractivity contribution in [3.63, 3.8) is 0 Å². The van der Waals surface area contributed by atoms with E-state index in [-0.39, 0.29) is 5.56 Å². The van der Waals surface area contributed by atoms with E-state index in [1.54, 1.807) is 0 Å². The molecular formula is C14H15N4OS+. The maximum Gasteiger partial charge on any atom is 0.284 e. The highest BCUT2D eigenvalue weighted by Gasteiger charge is 2.11. The fraction of sp³-hybridized carbons (Fsp3) is 0.214. The number of hydrogen-bond acceptors (Lipinski definition) is 3. The average Bonchev–Trinajstić information content (AvgIpc) is 2.80. The van der Waals surface area contributed by atoms with Crippen LogP contribution < -0.4 is 9.96 Å². The molecule has 2 N–H and O–H groups in total. The molecule has 0 aromatic carbocycles. The van der Waals surface area contributed by atoms with E-state index in [1.807, 2.05) is 19.1 Å². The third-order valence-electron chi connectivity index (χ3n) is 3.02. The fourth-order valence-electron chi connectivity index (χ4n) is 2.09. The Balaban J connectivity index is 1.83. The van der Waals surface area contributed by atoms with Crippen molar-refractivity contribution in [2.75, 3.05) is 0 Å². The molecule has 0 bridgehead atoms. The maximum absolute atomic E-state index is 11.4. The van der Waals surface area contributed by atoms with Gasteiger partial charge in [0.2, 0.25) is 0 Å². The minimum absolute atomic E-state index is 0.109. The Morgan fingerprint density at radius 2 is 2.15 bits per heavy atom. The van der Waals surface area contributed by atoms with Gasteiger partial charge in [-0.1, -0.05) is 17.8 Å². The van der Waals surface area contributed by atoms with Crippen LogP contribution in [0.5, 0.6) is 0 Å². The minimum atomic E-state index is -0.109. The Labute approximate surface area is 120 Å². The van der Waals surface area contributed by atoms with Gasteiger partial charge in [0.25, 0.3) is 11.2 Å². The van der Waals surface area contributed by atoms with Crippen molar-refractivity contribution in [1.29, 1.82) is 0 Å². The molecule has 3 aromatic heterocycles. The van der Waals surface area contributed by atoms with Crippen LogP contribution in [0.4, 0.5) is 0 Å². The van der Waals surface area contributed by atoms with Crippen molar-refractivity contribution in [2.45, 2.75) is 24.8 Å². The van der Waals surface area contributed by atoms with Crippen LogP contribution in [0.2, 0.25) is 0 Å². The van der Waals surface area contributed by atoms with Crippen LogP contribution in [0, 0.1) is 13.8 Å². The van der Waals surface area contributed by atoms with Crippen molar-refractivity contribution >= 4 is 17.4 Å². The first kappa shape index (κ1) is 12.9. The molecule has 5 nitrogen and oxygen atoms in total. The van der Waals surface area contributed by atoms with E-state index in [0.717, 1.165) is 22.8 Å². The highest BCUT2D eigenvalue weighted by Crippen LogP contribution is 2.17. The number of aromatic nitrogens is 4. The second-order valence-electron chi connectivity index (χ2n) is 4.68. The topological polar surface area (TPSA) is 65.6 Å². The number of fused-ring (bicyclic) bond motifs is 1. The summed E-state index contributed by atoms with van der Waals surface area (Å²) in [5.41, 5.74) is 3.96. The van der Waals surface area contributed by atoms with Crippen molar-refractivity contribution in [3.05, 3.63) is 57.9 Å². The number of thioether (sulfide) groups is 1. The first-order valence-electron chi connectivity index (χ1n) is 6.31. The predicted octanol–water partition coefficient (Wildman–Crippen LogP) is 1.75. The van der Waals surface area contributed by atoms with E-state index in [2.05, 4.69) is 38.5 Å². The summed E-state index contributed by atoms with van der Waals surface area (Å²) in [6.45, 7) is 3.89. The zero-order valence-corrected chi connectivity index (χ0v) is 12.1. The molecule has 6 heteroatoms. The fourth-order valence-corrected chi connectivity index (χ4v) is 2.91. The molecule has 3 heterocycles. The molecule has 0 amide bonds. The SMILES string of the molecule is Cc1cc(=O)[nH]c(SCc2c[n+]3c(C)cccc3[nH]2)n1. The highest BCUT2D eigenvalue weighted by molar-refractivity contribution is 7.98. The lowest BCUT2D eigenvalue weighted by Gasteiger charge is -1.98. The van der Waals surface area contributed by atoms with E-state index in [4.69, 9.17) is 0 Å². The molecule has 102 valence electrons. The largest absolute Gasteiger partial charge is 0.301 e. The zero-order valence-electron chi connectivity index (χ0n) is 11.3. The second kappa shape index (κ2) is 5.13. The zero-order chi connectivity index (χ0) is 14.1. The summed E-state index contributed by atoms with van der Waals surface area (Å²) >= 11 is 1.51. The molecule has 3 rings (SSSR count). The van der Waals surface area contributed by atoms with E-state index in [9.17, 15) is 4.79 Å². The summed E-state index contributed by atoms with van der Waals surface area (Å²) < 4.78 is 2.11. The molecule has 0 radical (unpaired) electrons. The van der Waals surface area contributed by atoms with Gasteiger partial charge in [0.05, 0.1) is 5.75 Å². The van der Waals surface area contributed by atoms with E-state index in [0.29, 0.717) is 5.16 Å². The summed E-state index contributed by atoms with van der Waals surface area (Å²) in [7, 11) is 0. The Kier molecular flexibility index (Phi) is 3.31. The molecule has 0 spiro atoms. The van der Waals surface area contributed by atoms with Gasteiger partial charge in [-0.15, -0.1) is 0 Å². The lowest BCUT2D eigenvalue weighted by Crippen LogP contribution is -2.21. The molecule has 0 fully saturated rings. The van der Waals surface area contributed by atoms with Gasteiger partial charge in [0.15, 0.2) is 10.9 Å². The van der Waals surface area contributed by atoms with Crippen molar-refractivity contribution in [2.24, 2.45) is 0 Å². The first-order chi connectivity index (χ1) is 9.61. The molecular weight excluding hydrogens is 272 g/mol. The van der Waals surface area contributed by atoms with E-state index < -0.39 is 0 Å². The minimum Gasteiger partial charge on any atom is -0.301 e. The van der Waals surface area contributed by atoms with Crippen LogP contribution in [0.15, 0.2) is 40.4 Å². The first-order valence-corrected chi connectivity index (χ1v) is 7.30. The molecule has 0 aliphatic rings. The number of nitrogens with one attached hydrogen (secondary N) is 2. The van der Waals surface area contributed by atoms with Gasteiger partial charge in [-0.3, -0.25) is 4.79 Å². The Morgan fingerprint density at radius 1 is 1.30 bits per heavy atom. The summed E-state index contributed by atoms with van der Waals surface area (Å²) in [6.07, 6.45) is 2.07. The van der Waals surface area contributed by atoms with Crippen LogP contribution >= 0.6 is 11.8 Å². The standard InChI is InChI=1S/C14H14N4OS/c1-9-6-13(19)17-14(15-9)20-8-11-7-18-10(2)4-3-5-12(18)16-11/h3-7H,8H2,1-2H3,(H,15,17,19)/p+1. The average molecular weight is 287 g/mol. The van der Waals surface area contributed by atoms with Crippen LogP contribution in [0.3, 0.4) is 0 Å². The smallest absolute Gasteiger partial charge is 0.284 e. The molecule has 0 aliphatic carbocycles. The quantitative estimate of drug-likeness (QED) is 0.438. The van der Waals surface area contributed by atoms with Crippen LogP contribution in [0.25, 0.3) is 5.65 Å². The number of hydrogen-bond donors (Lipinski definition) is 2. The van der Waals surface area contributed by atoms with Gasteiger partial charge in [0, 0.05) is 17.8 Å². The van der Waals surface area contributed by atoms with Gasteiger partial charge in [0.1, 0.15) is 11.9 Å². The summed E-state index contributed by atoms with van der Waals surface area (Å²) in [5.74, 6) is 0.730. The third kappa shape index (κ3) is 2.60. The number of nitrogens with zero attached hydrogens (tertiary/aromatic N) is 2. The normalized spacial score (nSPS) is 11.1. The molecule has 20 heavy (non-hydrogen) atoms. The van der Waals surface area contributed by atoms with Gasteiger partial charge < -0.3 is 4.98 Å². The summed E-state index contributed by atoms with van der Waals surface area (Å²) in [6, 6.07) is 7.62. The van der Waals surface area contributed by atoms with Crippen LogP contribution in [0.1, 0.15) is 17.1 Å². The second-order valence-corrected chi connectivity index (χ2v) is 5.65. The number of rotatable bonds is 3. The molecule has 0 atom stereocenters. The third-order valence-corrected chi connectivity index (χ3v) is 3.94. The maximum atomic E-state index is 11.4.